The second-order valence-corrected chi connectivity index (χ2v) is 5.48. The summed E-state index contributed by atoms with van der Waals surface area (Å²) in [4.78, 5) is 10.4. The summed E-state index contributed by atoms with van der Waals surface area (Å²) in [6.45, 7) is 3.20. The van der Waals surface area contributed by atoms with Crippen molar-refractivity contribution in [2.24, 2.45) is 5.73 Å². The van der Waals surface area contributed by atoms with E-state index in [9.17, 15) is 4.79 Å². The summed E-state index contributed by atoms with van der Waals surface area (Å²) in [6, 6.07) is -0.528. The van der Waals surface area contributed by atoms with Crippen molar-refractivity contribution >= 4 is 6.03 Å². The Kier molecular flexibility index (Phi) is 15.7. The molecule has 0 aromatic rings. The molecule has 0 saturated carbocycles. The lowest BCUT2D eigenvalue weighted by Gasteiger charge is -2.04. The third-order valence-corrected chi connectivity index (χ3v) is 3.49. The minimum Gasteiger partial charge on any atom is -0.361 e. The van der Waals surface area contributed by atoms with E-state index in [0.29, 0.717) is 6.61 Å². The molecule has 0 fully saturated rings. The number of urea groups is 1. The second-order valence-electron chi connectivity index (χ2n) is 5.48. The van der Waals surface area contributed by atoms with Gasteiger partial charge in [0.25, 0.3) is 0 Å². The summed E-state index contributed by atoms with van der Waals surface area (Å²) >= 11 is 0. The Bertz CT molecular complexity index is 211. The van der Waals surface area contributed by atoms with Crippen LogP contribution in [0.1, 0.15) is 84.0 Å². The van der Waals surface area contributed by atoms with Gasteiger partial charge < -0.3 is 15.8 Å². The topological polar surface area (TPSA) is 64.3 Å². The zero-order valence-corrected chi connectivity index (χ0v) is 13.3. The molecule has 0 aliphatic heterocycles. The zero-order valence-electron chi connectivity index (χ0n) is 13.3. The molecule has 20 heavy (non-hydrogen) atoms. The van der Waals surface area contributed by atoms with Gasteiger partial charge in [-0.2, -0.15) is 0 Å². The smallest absolute Gasteiger partial charge is 0.313 e. The van der Waals surface area contributed by atoms with Gasteiger partial charge in [0.1, 0.15) is 6.73 Å². The number of ether oxygens (including phenoxy) is 1. The van der Waals surface area contributed by atoms with Gasteiger partial charge >= 0.3 is 6.03 Å². The summed E-state index contributed by atoms with van der Waals surface area (Å²) in [5, 5.41) is 2.41. The third kappa shape index (κ3) is 17.2. The van der Waals surface area contributed by atoms with Crippen LogP contribution < -0.4 is 11.1 Å². The highest BCUT2D eigenvalue weighted by Gasteiger charge is 1.94. The maximum atomic E-state index is 10.4. The fourth-order valence-corrected chi connectivity index (χ4v) is 2.24. The van der Waals surface area contributed by atoms with Crippen molar-refractivity contribution in [3.63, 3.8) is 0 Å². The molecule has 0 radical (unpaired) electrons. The monoisotopic (exact) mass is 286 g/mol. The van der Waals surface area contributed by atoms with Gasteiger partial charge in [0, 0.05) is 6.61 Å². The first-order valence-corrected chi connectivity index (χ1v) is 8.38. The first kappa shape index (κ1) is 19.2. The van der Waals surface area contributed by atoms with Crippen LogP contribution in [0.15, 0.2) is 0 Å². The lowest BCUT2D eigenvalue weighted by atomic mass is 10.1. The second kappa shape index (κ2) is 16.3. The Morgan fingerprint density at radius 3 is 1.75 bits per heavy atom. The molecule has 0 aliphatic rings. The van der Waals surface area contributed by atoms with E-state index in [1.54, 1.807) is 0 Å². The number of nitrogens with one attached hydrogen (secondary N) is 1. The maximum Gasteiger partial charge on any atom is 0.313 e. The summed E-state index contributed by atoms with van der Waals surface area (Å²) in [7, 11) is 0. The van der Waals surface area contributed by atoms with E-state index in [-0.39, 0.29) is 6.73 Å². The average Bonchev–Trinajstić information content (AvgIpc) is 2.43. The largest absolute Gasteiger partial charge is 0.361 e. The Balaban J connectivity index is 2.94. The van der Waals surface area contributed by atoms with Crippen LogP contribution in [0.5, 0.6) is 0 Å². The quantitative estimate of drug-likeness (QED) is 0.347. The number of rotatable bonds is 15. The Morgan fingerprint density at radius 1 is 0.850 bits per heavy atom. The molecule has 0 aromatic carbocycles. The molecule has 120 valence electrons. The number of primary amides is 1. The number of carbonyl (C=O) groups is 1. The summed E-state index contributed by atoms with van der Waals surface area (Å²) in [6.07, 6.45) is 16.1. The van der Waals surface area contributed by atoms with E-state index in [4.69, 9.17) is 10.5 Å². The van der Waals surface area contributed by atoms with Crippen molar-refractivity contribution in [1.82, 2.24) is 5.32 Å². The SMILES string of the molecule is CCCCCCCCCCCCCCOCNC(N)=O. The number of carbonyl (C=O) groups excluding carboxylic acids is 1. The Labute approximate surface area is 124 Å². The van der Waals surface area contributed by atoms with Crippen molar-refractivity contribution in [2.75, 3.05) is 13.3 Å². The first-order valence-electron chi connectivity index (χ1n) is 8.38. The van der Waals surface area contributed by atoms with E-state index in [2.05, 4.69) is 12.2 Å². The van der Waals surface area contributed by atoms with Gasteiger partial charge in [-0.15, -0.1) is 0 Å². The normalized spacial score (nSPS) is 10.7. The molecule has 0 rings (SSSR count). The van der Waals surface area contributed by atoms with E-state index in [0.717, 1.165) is 6.42 Å². The first-order chi connectivity index (χ1) is 9.77. The zero-order chi connectivity index (χ0) is 14.9. The predicted molar refractivity (Wildman–Crippen MR) is 84.6 cm³/mol. The minimum atomic E-state index is -0.528. The fourth-order valence-electron chi connectivity index (χ4n) is 2.24. The summed E-state index contributed by atoms with van der Waals surface area (Å²) in [5.41, 5.74) is 4.92. The van der Waals surface area contributed by atoms with Gasteiger partial charge in [-0.1, -0.05) is 77.6 Å². The van der Waals surface area contributed by atoms with Crippen LogP contribution in [-0.4, -0.2) is 19.4 Å². The molecular weight excluding hydrogens is 252 g/mol. The lowest BCUT2D eigenvalue weighted by molar-refractivity contribution is 0.118. The molecular formula is C16H34N2O2. The van der Waals surface area contributed by atoms with Crippen LogP contribution in [0.25, 0.3) is 0 Å². The average molecular weight is 286 g/mol. The number of unbranched alkanes of at least 4 members (excludes halogenated alkanes) is 11. The van der Waals surface area contributed by atoms with Crippen molar-refractivity contribution in [2.45, 2.75) is 84.0 Å². The highest BCUT2D eigenvalue weighted by atomic mass is 16.5. The highest BCUT2D eigenvalue weighted by Crippen LogP contribution is 2.11. The van der Waals surface area contributed by atoms with Gasteiger partial charge in [-0.25, -0.2) is 4.79 Å². The van der Waals surface area contributed by atoms with Crippen LogP contribution in [0.2, 0.25) is 0 Å². The number of amides is 2. The molecule has 0 spiro atoms. The number of hydrogen-bond donors (Lipinski definition) is 2. The molecule has 2 amide bonds. The minimum absolute atomic E-state index is 0.230. The molecule has 0 heterocycles. The van der Waals surface area contributed by atoms with Crippen molar-refractivity contribution in [1.29, 1.82) is 0 Å². The van der Waals surface area contributed by atoms with Gasteiger partial charge in [0.2, 0.25) is 0 Å². The van der Waals surface area contributed by atoms with Crippen LogP contribution in [0.3, 0.4) is 0 Å². The van der Waals surface area contributed by atoms with E-state index < -0.39 is 6.03 Å². The van der Waals surface area contributed by atoms with E-state index in [1.165, 1.54) is 70.6 Å². The predicted octanol–water partition coefficient (Wildman–Crippen LogP) is 4.33. The maximum absolute atomic E-state index is 10.4. The van der Waals surface area contributed by atoms with Crippen LogP contribution in [-0.2, 0) is 4.74 Å². The van der Waals surface area contributed by atoms with Gasteiger partial charge in [-0.3, -0.25) is 0 Å². The number of hydrogen-bond acceptors (Lipinski definition) is 2. The van der Waals surface area contributed by atoms with Gasteiger partial charge in [-0.05, 0) is 6.42 Å². The molecule has 0 saturated heterocycles. The fraction of sp³-hybridized carbons (Fsp3) is 0.938. The summed E-state index contributed by atoms with van der Waals surface area (Å²) < 4.78 is 5.22. The van der Waals surface area contributed by atoms with E-state index >= 15 is 0 Å². The van der Waals surface area contributed by atoms with Crippen LogP contribution in [0, 0.1) is 0 Å². The highest BCUT2D eigenvalue weighted by molar-refractivity contribution is 5.71. The molecule has 3 N–H and O–H groups in total. The van der Waals surface area contributed by atoms with Crippen molar-refractivity contribution in [3.8, 4) is 0 Å². The van der Waals surface area contributed by atoms with Crippen molar-refractivity contribution in [3.05, 3.63) is 0 Å². The van der Waals surface area contributed by atoms with E-state index in [1.807, 2.05) is 0 Å². The summed E-state index contributed by atoms with van der Waals surface area (Å²) in [5.74, 6) is 0. The third-order valence-electron chi connectivity index (χ3n) is 3.49. The number of nitrogens with two attached hydrogens (primary N) is 1. The molecule has 4 heteroatoms. The van der Waals surface area contributed by atoms with Gasteiger partial charge in [0.15, 0.2) is 0 Å². The lowest BCUT2D eigenvalue weighted by Crippen LogP contribution is -2.31. The van der Waals surface area contributed by atoms with Gasteiger partial charge in [0.05, 0.1) is 0 Å². The standard InChI is InChI=1S/C16H34N2O2/c1-2-3-4-5-6-7-8-9-10-11-12-13-14-20-15-18-16(17)19/h2-15H2,1H3,(H3,17,18,19). The molecule has 0 aliphatic carbocycles. The molecule has 0 atom stereocenters. The molecule has 0 unspecified atom stereocenters. The Morgan fingerprint density at radius 2 is 1.30 bits per heavy atom. The molecule has 0 aromatic heterocycles. The van der Waals surface area contributed by atoms with Crippen molar-refractivity contribution < 1.29 is 9.53 Å². The molecule has 4 nitrogen and oxygen atoms in total. The molecule has 0 bridgehead atoms. The Hall–Kier alpha value is -0.770. The van der Waals surface area contributed by atoms with Crippen LogP contribution >= 0.6 is 0 Å². The van der Waals surface area contributed by atoms with Crippen LogP contribution in [0.4, 0.5) is 4.79 Å².